The third kappa shape index (κ3) is 4.06. The van der Waals surface area contributed by atoms with Gasteiger partial charge in [-0.05, 0) is 24.8 Å². The van der Waals surface area contributed by atoms with Gasteiger partial charge >= 0.3 is 5.97 Å². The fraction of sp³-hybridized carbons (Fsp3) is 0.467. The predicted octanol–water partition coefficient (Wildman–Crippen LogP) is 1.89. The minimum atomic E-state index is -0.864. The molecule has 1 aliphatic rings. The van der Waals surface area contributed by atoms with Crippen LogP contribution in [0.1, 0.15) is 37.3 Å². The van der Waals surface area contributed by atoms with E-state index in [1.54, 1.807) is 0 Å². The van der Waals surface area contributed by atoms with Crippen LogP contribution >= 0.6 is 0 Å². The van der Waals surface area contributed by atoms with Crippen molar-refractivity contribution in [2.24, 2.45) is 0 Å². The number of hydrogen-bond acceptors (Lipinski definition) is 3. The first-order valence-corrected chi connectivity index (χ1v) is 6.85. The Bertz CT molecular complexity index is 454. The zero-order chi connectivity index (χ0) is 14.4. The second-order valence-electron chi connectivity index (χ2n) is 4.91. The van der Waals surface area contributed by atoms with Gasteiger partial charge in [-0.2, -0.15) is 0 Å². The molecule has 108 valence electrons. The fourth-order valence-corrected chi connectivity index (χ4v) is 2.32. The van der Waals surface area contributed by atoms with E-state index in [0.29, 0.717) is 13.0 Å². The Kier molecular flexibility index (Phi) is 5.12. The number of nitrogens with one attached hydrogen (secondary N) is 1. The van der Waals surface area contributed by atoms with Crippen molar-refractivity contribution in [3.63, 3.8) is 0 Å². The van der Waals surface area contributed by atoms with E-state index in [9.17, 15) is 9.59 Å². The predicted molar refractivity (Wildman–Crippen MR) is 73.2 cm³/mol. The molecule has 0 aliphatic carbocycles. The average molecular weight is 277 g/mol. The Hall–Kier alpha value is -1.88. The van der Waals surface area contributed by atoms with Crippen molar-refractivity contribution in [1.82, 2.24) is 5.32 Å². The molecule has 0 radical (unpaired) electrons. The molecule has 5 heteroatoms. The maximum absolute atomic E-state index is 12.1. The number of carboxylic acid groups (broad SMARTS) is 1. The lowest BCUT2D eigenvalue weighted by molar-refractivity contribution is -0.138. The summed E-state index contributed by atoms with van der Waals surface area (Å²) in [5, 5.41) is 11.7. The first-order chi connectivity index (χ1) is 9.66. The number of ether oxygens (including phenoxy) is 1. The molecule has 1 amide bonds. The highest BCUT2D eigenvalue weighted by Crippen LogP contribution is 2.20. The van der Waals surface area contributed by atoms with Crippen LogP contribution in [0.2, 0.25) is 0 Å². The molecular formula is C15H19NO4. The first-order valence-electron chi connectivity index (χ1n) is 6.85. The van der Waals surface area contributed by atoms with E-state index in [1.807, 2.05) is 30.3 Å². The summed E-state index contributed by atoms with van der Waals surface area (Å²) in [5.74, 6) is -1.01. The molecule has 0 aromatic heterocycles. The van der Waals surface area contributed by atoms with Crippen molar-refractivity contribution >= 4 is 11.9 Å². The fourth-order valence-electron chi connectivity index (χ4n) is 2.32. The van der Waals surface area contributed by atoms with Crippen molar-refractivity contribution in [3.8, 4) is 0 Å². The van der Waals surface area contributed by atoms with Gasteiger partial charge in [-0.3, -0.25) is 9.59 Å². The van der Waals surface area contributed by atoms with Gasteiger partial charge in [-0.15, -0.1) is 0 Å². The van der Waals surface area contributed by atoms with Gasteiger partial charge in [-0.25, -0.2) is 0 Å². The van der Waals surface area contributed by atoms with Crippen molar-refractivity contribution in [2.45, 2.75) is 37.8 Å². The molecule has 1 aliphatic heterocycles. The maximum atomic E-state index is 12.1. The van der Waals surface area contributed by atoms with Gasteiger partial charge in [0.15, 0.2) is 0 Å². The molecule has 1 aromatic rings. The SMILES string of the molecule is O=C(O)CCC(NC(=O)[C@@H]1CCCO1)c1ccccc1. The normalized spacial score (nSPS) is 19.5. The van der Waals surface area contributed by atoms with Crippen LogP contribution in [0.5, 0.6) is 0 Å². The summed E-state index contributed by atoms with van der Waals surface area (Å²) in [6.45, 7) is 0.614. The van der Waals surface area contributed by atoms with Gasteiger partial charge in [0.2, 0.25) is 5.91 Å². The molecule has 0 saturated carbocycles. The van der Waals surface area contributed by atoms with Crippen LogP contribution in [-0.2, 0) is 14.3 Å². The smallest absolute Gasteiger partial charge is 0.303 e. The van der Waals surface area contributed by atoms with Crippen LogP contribution in [0.4, 0.5) is 0 Å². The summed E-state index contributed by atoms with van der Waals surface area (Å²) in [4.78, 5) is 22.8. The summed E-state index contributed by atoms with van der Waals surface area (Å²) in [7, 11) is 0. The van der Waals surface area contributed by atoms with Crippen molar-refractivity contribution < 1.29 is 19.4 Å². The van der Waals surface area contributed by atoms with E-state index in [-0.39, 0.29) is 18.4 Å². The second kappa shape index (κ2) is 7.05. The van der Waals surface area contributed by atoms with Gasteiger partial charge in [0.1, 0.15) is 6.10 Å². The Labute approximate surface area is 117 Å². The third-order valence-electron chi connectivity index (χ3n) is 3.39. The number of hydrogen-bond donors (Lipinski definition) is 2. The quantitative estimate of drug-likeness (QED) is 0.832. The number of aliphatic carboxylic acids is 1. The Balaban J connectivity index is 2.01. The summed E-state index contributed by atoms with van der Waals surface area (Å²) in [5.41, 5.74) is 0.917. The molecule has 20 heavy (non-hydrogen) atoms. The minimum absolute atomic E-state index is 0.0192. The summed E-state index contributed by atoms with van der Waals surface area (Å²) < 4.78 is 5.35. The van der Waals surface area contributed by atoms with Crippen molar-refractivity contribution in [1.29, 1.82) is 0 Å². The summed E-state index contributed by atoms with van der Waals surface area (Å²) in [6.07, 6.45) is 1.62. The van der Waals surface area contributed by atoms with Gasteiger partial charge in [0, 0.05) is 13.0 Å². The molecule has 1 heterocycles. The molecule has 0 spiro atoms. The van der Waals surface area contributed by atoms with E-state index in [0.717, 1.165) is 18.4 Å². The number of carboxylic acids is 1. The lowest BCUT2D eigenvalue weighted by Crippen LogP contribution is -2.37. The zero-order valence-electron chi connectivity index (χ0n) is 11.2. The Morgan fingerprint density at radius 3 is 2.70 bits per heavy atom. The number of carbonyl (C=O) groups excluding carboxylic acids is 1. The molecule has 1 saturated heterocycles. The van der Waals surface area contributed by atoms with Gasteiger partial charge in [0.05, 0.1) is 6.04 Å². The first kappa shape index (κ1) is 14.5. The topological polar surface area (TPSA) is 75.6 Å². The molecule has 1 unspecified atom stereocenters. The Morgan fingerprint density at radius 2 is 2.10 bits per heavy atom. The largest absolute Gasteiger partial charge is 0.481 e. The van der Waals surface area contributed by atoms with Crippen LogP contribution in [0.3, 0.4) is 0 Å². The Morgan fingerprint density at radius 1 is 1.35 bits per heavy atom. The highest BCUT2D eigenvalue weighted by molar-refractivity contribution is 5.81. The third-order valence-corrected chi connectivity index (χ3v) is 3.39. The lowest BCUT2D eigenvalue weighted by Gasteiger charge is -2.20. The van der Waals surface area contributed by atoms with E-state index < -0.39 is 12.1 Å². The molecule has 1 fully saturated rings. The molecule has 2 atom stereocenters. The highest BCUT2D eigenvalue weighted by Gasteiger charge is 2.26. The molecule has 1 aromatic carbocycles. The molecule has 2 rings (SSSR count). The minimum Gasteiger partial charge on any atom is -0.481 e. The van der Waals surface area contributed by atoms with Crippen LogP contribution in [-0.4, -0.2) is 29.7 Å². The van der Waals surface area contributed by atoms with E-state index in [1.165, 1.54) is 0 Å². The van der Waals surface area contributed by atoms with Crippen molar-refractivity contribution in [3.05, 3.63) is 35.9 Å². The monoisotopic (exact) mass is 277 g/mol. The zero-order valence-corrected chi connectivity index (χ0v) is 11.2. The van der Waals surface area contributed by atoms with Gasteiger partial charge < -0.3 is 15.2 Å². The van der Waals surface area contributed by atoms with Crippen molar-refractivity contribution in [2.75, 3.05) is 6.61 Å². The summed E-state index contributed by atoms with van der Waals surface area (Å²) in [6, 6.07) is 9.14. The van der Waals surface area contributed by atoms with E-state index in [4.69, 9.17) is 9.84 Å². The molecule has 2 N–H and O–H groups in total. The number of carbonyl (C=O) groups is 2. The number of benzene rings is 1. The van der Waals surface area contributed by atoms with Crippen LogP contribution in [0, 0.1) is 0 Å². The van der Waals surface area contributed by atoms with E-state index >= 15 is 0 Å². The second-order valence-corrected chi connectivity index (χ2v) is 4.91. The lowest BCUT2D eigenvalue weighted by atomic mass is 10.0. The van der Waals surface area contributed by atoms with Gasteiger partial charge in [-0.1, -0.05) is 30.3 Å². The maximum Gasteiger partial charge on any atom is 0.303 e. The van der Waals surface area contributed by atoms with Crippen LogP contribution in [0.15, 0.2) is 30.3 Å². The highest BCUT2D eigenvalue weighted by atomic mass is 16.5. The molecule has 5 nitrogen and oxygen atoms in total. The average Bonchev–Trinajstić information content (AvgIpc) is 2.98. The molecular weight excluding hydrogens is 258 g/mol. The standard InChI is InChI=1S/C15H19NO4/c17-14(18)9-8-12(11-5-2-1-3-6-11)16-15(19)13-7-4-10-20-13/h1-3,5-6,12-13H,4,7-10H2,(H,16,19)(H,17,18)/t12?,13-/m0/s1. The van der Waals surface area contributed by atoms with E-state index in [2.05, 4.69) is 5.32 Å². The number of amides is 1. The van der Waals surface area contributed by atoms with Crippen LogP contribution < -0.4 is 5.32 Å². The van der Waals surface area contributed by atoms with Gasteiger partial charge in [0.25, 0.3) is 0 Å². The molecule has 0 bridgehead atoms. The van der Waals surface area contributed by atoms with Crippen LogP contribution in [0.25, 0.3) is 0 Å². The number of rotatable bonds is 6. The summed E-state index contributed by atoms with van der Waals surface area (Å²) >= 11 is 0.